The number of aliphatic hydroxyl groups is 1. The molecule has 1 fully saturated rings. The molecule has 2 atom stereocenters. The average Bonchev–Trinajstić information content (AvgIpc) is 2.48. The minimum Gasteiger partial charge on any atom is -0.390 e. The third-order valence-corrected chi connectivity index (χ3v) is 4.50. The normalized spacial score (nSPS) is 24.7. The van der Waals surface area contributed by atoms with Crippen LogP contribution in [-0.2, 0) is 11.2 Å². The summed E-state index contributed by atoms with van der Waals surface area (Å²) in [6.07, 6.45) is 3.39. The Morgan fingerprint density at radius 3 is 2.75 bits per heavy atom. The molecule has 2 unspecified atom stereocenters. The lowest BCUT2D eigenvalue weighted by atomic mass is 9.86. The summed E-state index contributed by atoms with van der Waals surface area (Å²) >= 11 is 0. The summed E-state index contributed by atoms with van der Waals surface area (Å²) in [7, 11) is 0. The van der Waals surface area contributed by atoms with E-state index >= 15 is 0 Å². The van der Waals surface area contributed by atoms with Crippen molar-refractivity contribution in [1.29, 1.82) is 0 Å². The smallest absolute Gasteiger partial charge is 0.0915 e. The Hall–Kier alpha value is -1.38. The molecule has 0 amide bonds. The van der Waals surface area contributed by atoms with Crippen molar-refractivity contribution in [3.05, 3.63) is 48.0 Å². The summed E-state index contributed by atoms with van der Waals surface area (Å²) in [4.78, 5) is 0. The van der Waals surface area contributed by atoms with Crippen molar-refractivity contribution in [3.63, 3.8) is 0 Å². The van der Waals surface area contributed by atoms with Gasteiger partial charge in [-0.05, 0) is 42.5 Å². The van der Waals surface area contributed by atoms with Gasteiger partial charge in [-0.1, -0.05) is 42.5 Å². The minimum absolute atomic E-state index is 0.394. The summed E-state index contributed by atoms with van der Waals surface area (Å²) in [6.45, 7) is 2.81. The lowest BCUT2D eigenvalue weighted by molar-refractivity contribution is -0.135. The Kier molecular flexibility index (Phi) is 3.77. The predicted octanol–water partition coefficient (Wildman–Crippen LogP) is 3.70. The quantitative estimate of drug-likeness (QED) is 0.921. The fraction of sp³-hybridized carbons (Fsp3) is 0.444. The van der Waals surface area contributed by atoms with Crippen molar-refractivity contribution in [2.24, 2.45) is 0 Å². The van der Waals surface area contributed by atoms with Crippen molar-refractivity contribution in [2.75, 3.05) is 6.61 Å². The number of aliphatic hydroxyl groups excluding tert-OH is 1. The predicted molar refractivity (Wildman–Crippen MR) is 81.9 cm³/mol. The highest BCUT2D eigenvalue weighted by molar-refractivity contribution is 5.85. The second kappa shape index (κ2) is 5.55. The first kappa shape index (κ1) is 13.6. The van der Waals surface area contributed by atoms with Crippen molar-refractivity contribution < 1.29 is 9.84 Å². The highest BCUT2D eigenvalue weighted by atomic mass is 16.5. The van der Waals surface area contributed by atoms with Crippen LogP contribution in [0.15, 0.2) is 42.5 Å². The molecule has 0 radical (unpaired) electrons. The van der Waals surface area contributed by atoms with E-state index in [1.54, 1.807) is 0 Å². The zero-order valence-corrected chi connectivity index (χ0v) is 12.0. The van der Waals surface area contributed by atoms with E-state index in [1.165, 1.54) is 16.3 Å². The molecule has 0 aliphatic carbocycles. The van der Waals surface area contributed by atoms with Gasteiger partial charge in [-0.15, -0.1) is 0 Å². The third kappa shape index (κ3) is 2.58. The van der Waals surface area contributed by atoms with Gasteiger partial charge in [0.25, 0.3) is 0 Å². The molecule has 0 bridgehead atoms. The van der Waals surface area contributed by atoms with E-state index in [9.17, 15) is 5.11 Å². The maximum absolute atomic E-state index is 10.6. The Morgan fingerprint density at radius 1 is 1.15 bits per heavy atom. The molecule has 0 saturated carbocycles. The Labute approximate surface area is 120 Å². The Bertz CT molecular complexity index is 579. The summed E-state index contributed by atoms with van der Waals surface area (Å²) in [5.41, 5.74) is 0.806. The lowest BCUT2D eigenvalue weighted by Gasteiger charge is -2.38. The van der Waals surface area contributed by atoms with Crippen LogP contribution in [0.25, 0.3) is 10.8 Å². The van der Waals surface area contributed by atoms with E-state index in [0.717, 1.165) is 25.9 Å². The molecule has 2 nitrogen and oxygen atoms in total. The Morgan fingerprint density at radius 2 is 1.95 bits per heavy atom. The van der Waals surface area contributed by atoms with Crippen LogP contribution in [-0.4, -0.2) is 23.4 Å². The van der Waals surface area contributed by atoms with Crippen molar-refractivity contribution in [1.82, 2.24) is 0 Å². The van der Waals surface area contributed by atoms with Gasteiger partial charge in [0.05, 0.1) is 11.7 Å². The highest BCUT2D eigenvalue weighted by Gasteiger charge is 2.35. The van der Waals surface area contributed by atoms with Gasteiger partial charge in [0.1, 0.15) is 0 Å². The van der Waals surface area contributed by atoms with E-state index in [0.29, 0.717) is 6.42 Å². The molecule has 106 valence electrons. The first-order valence-electron chi connectivity index (χ1n) is 7.48. The van der Waals surface area contributed by atoms with Crippen molar-refractivity contribution >= 4 is 10.8 Å². The van der Waals surface area contributed by atoms with Crippen LogP contribution < -0.4 is 0 Å². The van der Waals surface area contributed by atoms with Crippen LogP contribution in [0.4, 0.5) is 0 Å². The van der Waals surface area contributed by atoms with Gasteiger partial charge in [-0.2, -0.15) is 0 Å². The van der Waals surface area contributed by atoms with Gasteiger partial charge < -0.3 is 9.84 Å². The molecule has 1 N–H and O–H groups in total. The zero-order chi connectivity index (χ0) is 14.0. The van der Waals surface area contributed by atoms with Gasteiger partial charge in [-0.3, -0.25) is 0 Å². The van der Waals surface area contributed by atoms with Crippen LogP contribution in [0.2, 0.25) is 0 Å². The summed E-state index contributed by atoms with van der Waals surface area (Å²) in [6, 6.07) is 14.6. The third-order valence-electron chi connectivity index (χ3n) is 4.50. The minimum atomic E-state index is -0.450. The molecule has 2 heteroatoms. The van der Waals surface area contributed by atoms with Crippen molar-refractivity contribution in [2.45, 2.75) is 44.3 Å². The molecule has 20 heavy (non-hydrogen) atoms. The summed E-state index contributed by atoms with van der Waals surface area (Å²) in [5, 5.41) is 13.1. The second-order valence-electron chi connectivity index (χ2n) is 5.98. The summed E-state index contributed by atoms with van der Waals surface area (Å²) in [5.74, 6) is 0. The zero-order valence-electron chi connectivity index (χ0n) is 12.0. The monoisotopic (exact) mass is 270 g/mol. The standard InChI is InChI=1S/C18H22O2/c1-18(11-4-5-12-20-18)17(19)13-15-9-6-8-14-7-2-3-10-16(14)15/h2-3,6-10,17,19H,4-5,11-13H2,1H3. The number of hydrogen-bond donors (Lipinski definition) is 1. The number of hydrogen-bond acceptors (Lipinski definition) is 2. The number of rotatable bonds is 3. The molecular weight excluding hydrogens is 248 g/mol. The Balaban J connectivity index is 1.85. The molecule has 3 rings (SSSR count). The number of benzene rings is 2. The van der Waals surface area contributed by atoms with Crippen LogP contribution in [0.1, 0.15) is 31.7 Å². The number of fused-ring (bicyclic) bond motifs is 1. The van der Waals surface area contributed by atoms with Gasteiger partial charge in [0.2, 0.25) is 0 Å². The summed E-state index contributed by atoms with van der Waals surface area (Å²) < 4.78 is 5.86. The molecule has 0 aromatic heterocycles. The van der Waals surface area contributed by atoms with Gasteiger partial charge in [-0.25, -0.2) is 0 Å². The fourth-order valence-corrected chi connectivity index (χ4v) is 3.11. The van der Waals surface area contributed by atoms with Gasteiger partial charge in [0, 0.05) is 13.0 Å². The molecular formula is C18H22O2. The van der Waals surface area contributed by atoms with Gasteiger partial charge in [0.15, 0.2) is 0 Å². The molecule has 2 aromatic rings. The largest absolute Gasteiger partial charge is 0.390 e. The molecule has 2 aromatic carbocycles. The van der Waals surface area contributed by atoms with E-state index in [4.69, 9.17) is 4.74 Å². The van der Waals surface area contributed by atoms with Crippen LogP contribution in [0, 0.1) is 0 Å². The molecule has 1 heterocycles. The molecule has 1 saturated heterocycles. The fourth-order valence-electron chi connectivity index (χ4n) is 3.11. The maximum atomic E-state index is 10.6. The SMILES string of the molecule is CC1(C(O)Cc2cccc3ccccc23)CCCCO1. The van der Waals surface area contributed by atoms with E-state index in [-0.39, 0.29) is 0 Å². The van der Waals surface area contributed by atoms with Crippen LogP contribution in [0.5, 0.6) is 0 Å². The highest BCUT2D eigenvalue weighted by Crippen LogP contribution is 2.31. The second-order valence-corrected chi connectivity index (χ2v) is 5.98. The average molecular weight is 270 g/mol. The van der Waals surface area contributed by atoms with Crippen LogP contribution >= 0.6 is 0 Å². The van der Waals surface area contributed by atoms with E-state index in [2.05, 4.69) is 36.4 Å². The first-order valence-corrected chi connectivity index (χ1v) is 7.48. The first-order chi connectivity index (χ1) is 9.69. The molecule has 1 aliphatic heterocycles. The molecule has 1 aliphatic rings. The van der Waals surface area contributed by atoms with Crippen molar-refractivity contribution in [3.8, 4) is 0 Å². The topological polar surface area (TPSA) is 29.5 Å². The maximum Gasteiger partial charge on any atom is 0.0915 e. The lowest BCUT2D eigenvalue weighted by Crippen LogP contribution is -2.45. The van der Waals surface area contributed by atoms with Crippen LogP contribution in [0.3, 0.4) is 0 Å². The van der Waals surface area contributed by atoms with E-state index in [1.807, 2.05) is 13.0 Å². The number of ether oxygens (including phenoxy) is 1. The molecule has 0 spiro atoms. The van der Waals surface area contributed by atoms with E-state index < -0.39 is 11.7 Å². The van der Waals surface area contributed by atoms with Gasteiger partial charge >= 0.3 is 0 Å².